The first kappa shape index (κ1) is 16.0. The van der Waals surface area contributed by atoms with Crippen LogP contribution in [0.2, 0.25) is 0 Å². The molecule has 0 unspecified atom stereocenters. The number of carbonyl (C=O) groups is 1. The zero-order valence-electron chi connectivity index (χ0n) is 12.9. The number of hydrogen-bond donors (Lipinski definition) is 0. The highest BCUT2D eigenvalue weighted by Crippen LogP contribution is 2.35. The van der Waals surface area contributed by atoms with Crippen molar-refractivity contribution in [1.29, 1.82) is 0 Å². The topological polar surface area (TPSA) is 57.7 Å². The predicted octanol–water partition coefficient (Wildman–Crippen LogP) is 3.37. The minimum atomic E-state index is -0.0863. The standard InChI is InChI=1S/C16H17NO4S/c1-10-16(22-9-17-10)12(18)6-5-11-7-14(20-3)15(21-4)8-13(11)19-2/h5-9H,1-4H3/b6-5+. The third-order valence-corrected chi connectivity index (χ3v) is 4.06. The quantitative estimate of drug-likeness (QED) is 0.603. The second-order valence-corrected chi connectivity index (χ2v) is 5.27. The maximum atomic E-state index is 12.2. The van der Waals surface area contributed by atoms with Gasteiger partial charge in [-0.2, -0.15) is 0 Å². The molecule has 0 aliphatic rings. The molecule has 5 nitrogen and oxygen atoms in total. The van der Waals surface area contributed by atoms with Gasteiger partial charge in [0.15, 0.2) is 17.3 Å². The summed E-state index contributed by atoms with van der Waals surface area (Å²) in [4.78, 5) is 16.9. The van der Waals surface area contributed by atoms with Crippen molar-refractivity contribution in [2.24, 2.45) is 0 Å². The van der Waals surface area contributed by atoms with Gasteiger partial charge in [-0.15, -0.1) is 11.3 Å². The SMILES string of the molecule is COc1cc(OC)c(OC)cc1/C=C/C(=O)c1scnc1C. The van der Waals surface area contributed by atoms with Crippen LogP contribution in [0.25, 0.3) is 6.08 Å². The first-order valence-electron chi connectivity index (χ1n) is 6.53. The molecule has 0 atom stereocenters. The number of hydrogen-bond acceptors (Lipinski definition) is 6. The maximum absolute atomic E-state index is 12.2. The Bertz CT molecular complexity index is 706. The Labute approximate surface area is 133 Å². The molecule has 0 bridgehead atoms. The number of benzene rings is 1. The van der Waals surface area contributed by atoms with E-state index in [-0.39, 0.29) is 5.78 Å². The van der Waals surface area contributed by atoms with E-state index in [1.54, 1.807) is 45.0 Å². The molecule has 0 amide bonds. The Morgan fingerprint density at radius 2 is 1.73 bits per heavy atom. The molecule has 0 spiro atoms. The first-order chi connectivity index (χ1) is 10.6. The van der Waals surface area contributed by atoms with Crippen LogP contribution in [0.3, 0.4) is 0 Å². The van der Waals surface area contributed by atoms with Crippen LogP contribution in [-0.4, -0.2) is 32.1 Å². The zero-order chi connectivity index (χ0) is 16.1. The lowest BCUT2D eigenvalue weighted by Gasteiger charge is -2.12. The monoisotopic (exact) mass is 319 g/mol. The van der Waals surface area contributed by atoms with Crippen LogP contribution in [-0.2, 0) is 0 Å². The summed E-state index contributed by atoms with van der Waals surface area (Å²) in [5, 5.41) is 0. The third-order valence-electron chi connectivity index (χ3n) is 3.12. The summed E-state index contributed by atoms with van der Waals surface area (Å²) in [5.74, 6) is 1.66. The minimum Gasteiger partial charge on any atom is -0.496 e. The molecule has 0 aliphatic carbocycles. The molecule has 0 saturated carbocycles. The van der Waals surface area contributed by atoms with Crippen LogP contribution in [0.5, 0.6) is 17.2 Å². The number of aryl methyl sites for hydroxylation is 1. The first-order valence-corrected chi connectivity index (χ1v) is 7.41. The smallest absolute Gasteiger partial charge is 0.197 e. The second-order valence-electron chi connectivity index (χ2n) is 4.41. The number of nitrogens with zero attached hydrogens (tertiary/aromatic N) is 1. The maximum Gasteiger partial charge on any atom is 0.197 e. The molecule has 1 aromatic heterocycles. The fourth-order valence-electron chi connectivity index (χ4n) is 1.96. The largest absolute Gasteiger partial charge is 0.496 e. The van der Waals surface area contributed by atoms with Gasteiger partial charge in [-0.1, -0.05) is 0 Å². The number of allylic oxidation sites excluding steroid dienone is 1. The van der Waals surface area contributed by atoms with Crippen LogP contribution >= 0.6 is 11.3 Å². The van der Waals surface area contributed by atoms with E-state index in [1.165, 1.54) is 17.4 Å². The molecule has 0 radical (unpaired) electrons. The third kappa shape index (κ3) is 3.28. The van der Waals surface area contributed by atoms with Crippen molar-refractivity contribution >= 4 is 23.2 Å². The van der Waals surface area contributed by atoms with Crippen molar-refractivity contribution < 1.29 is 19.0 Å². The van der Waals surface area contributed by atoms with Crippen molar-refractivity contribution in [3.05, 3.63) is 39.9 Å². The molecule has 0 saturated heterocycles. The molecule has 0 aliphatic heterocycles. The average Bonchev–Trinajstić information content (AvgIpc) is 2.97. The van der Waals surface area contributed by atoms with Gasteiger partial charge >= 0.3 is 0 Å². The Hall–Kier alpha value is -2.34. The highest BCUT2D eigenvalue weighted by Gasteiger charge is 2.12. The van der Waals surface area contributed by atoms with Gasteiger partial charge in [-0.3, -0.25) is 4.79 Å². The number of thiazole rings is 1. The molecule has 116 valence electrons. The van der Waals surface area contributed by atoms with Crippen molar-refractivity contribution in [2.45, 2.75) is 6.92 Å². The molecule has 6 heteroatoms. The average molecular weight is 319 g/mol. The van der Waals surface area contributed by atoms with Crippen LogP contribution in [0.4, 0.5) is 0 Å². The summed E-state index contributed by atoms with van der Waals surface area (Å²) in [5.41, 5.74) is 3.13. The molecular weight excluding hydrogens is 302 g/mol. The molecule has 1 aromatic carbocycles. The number of ketones is 1. The van der Waals surface area contributed by atoms with Crippen molar-refractivity contribution in [3.8, 4) is 17.2 Å². The molecule has 2 aromatic rings. The number of methoxy groups -OCH3 is 3. The number of ether oxygens (including phenoxy) is 3. The van der Waals surface area contributed by atoms with E-state index in [4.69, 9.17) is 14.2 Å². The second kappa shape index (κ2) is 7.09. The summed E-state index contributed by atoms with van der Waals surface area (Å²) >= 11 is 1.33. The van der Waals surface area contributed by atoms with Gasteiger partial charge in [0.1, 0.15) is 5.75 Å². The van der Waals surface area contributed by atoms with E-state index in [0.29, 0.717) is 22.1 Å². The fraction of sp³-hybridized carbons (Fsp3) is 0.250. The van der Waals surface area contributed by atoms with E-state index in [2.05, 4.69) is 4.98 Å². The highest BCUT2D eigenvalue weighted by molar-refractivity contribution is 7.12. The van der Waals surface area contributed by atoms with Crippen LogP contribution in [0.1, 0.15) is 20.9 Å². The Kier molecular flexibility index (Phi) is 5.16. The van der Waals surface area contributed by atoms with Crippen molar-refractivity contribution in [1.82, 2.24) is 4.98 Å². The Morgan fingerprint density at radius 1 is 1.09 bits per heavy atom. The number of rotatable bonds is 6. The lowest BCUT2D eigenvalue weighted by atomic mass is 10.1. The van der Waals surface area contributed by atoms with Gasteiger partial charge < -0.3 is 14.2 Å². The molecular formula is C16H17NO4S. The van der Waals surface area contributed by atoms with Crippen LogP contribution in [0, 0.1) is 6.92 Å². The predicted molar refractivity (Wildman–Crippen MR) is 86.3 cm³/mol. The van der Waals surface area contributed by atoms with E-state index in [1.807, 2.05) is 6.92 Å². The molecule has 2 rings (SSSR count). The van der Waals surface area contributed by atoms with E-state index in [0.717, 1.165) is 11.3 Å². The molecule has 1 heterocycles. The van der Waals surface area contributed by atoms with Crippen molar-refractivity contribution in [3.63, 3.8) is 0 Å². The van der Waals surface area contributed by atoms with Crippen molar-refractivity contribution in [2.75, 3.05) is 21.3 Å². The molecule has 0 fully saturated rings. The lowest BCUT2D eigenvalue weighted by Crippen LogP contribution is -1.96. The van der Waals surface area contributed by atoms with E-state index >= 15 is 0 Å². The normalized spacial score (nSPS) is 10.7. The molecule has 0 N–H and O–H groups in total. The van der Waals surface area contributed by atoms with Gasteiger partial charge in [-0.25, -0.2) is 4.98 Å². The lowest BCUT2D eigenvalue weighted by molar-refractivity contribution is 0.105. The summed E-state index contributed by atoms with van der Waals surface area (Å²) < 4.78 is 15.8. The van der Waals surface area contributed by atoms with Gasteiger partial charge in [0, 0.05) is 11.6 Å². The summed E-state index contributed by atoms with van der Waals surface area (Å²) in [6.45, 7) is 1.81. The Balaban J connectivity index is 2.34. The Morgan fingerprint density at radius 3 is 2.27 bits per heavy atom. The van der Waals surface area contributed by atoms with E-state index < -0.39 is 0 Å². The summed E-state index contributed by atoms with van der Waals surface area (Å²) in [6, 6.07) is 3.49. The van der Waals surface area contributed by atoms with Crippen LogP contribution < -0.4 is 14.2 Å². The number of carbonyl (C=O) groups excluding carboxylic acids is 1. The van der Waals surface area contributed by atoms with Gasteiger partial charge in [0.25, 0.3) is 0 Å². The summed E-state index contributed by atoms with van der Waals surface area (Å²) in [7, 11) is 4.68. The van der Waals surface area contributed by atoms with Gasteiger partial charge in [0.2, 0.25) is 0 Å². The summed E-state index contributed by atoms with van der Waals surface area (Å²) in [6.07, 6.45) is 3.20. The van der Waals surface area contributed by atoms with Crippen LogP contribution in [0.15, 0.2) is 23.7 Å². The van der Waals surface area contributed by atoms with Gasteiger partial charge in [0.05, 0.1) is 37.4 Å². The van der Waals surface area contributed by atoms with Gasteiger partial charge in [-0.05, 0) is 25.1 Å². The fourth-order valence-corrected chi connectivity index (χ4v) is 2.69. The van der Waals surface area contributed by atoms with E-state index in [9.17, 15) is 4.79 Å². The molecule has 22 heavy (non-hydrogen) atoms. The number of aromatic nitrogens is 1. The zero-order valence-corrected chi connectivity index (χ0v) is 13.7. The highest BCUT2D eigenvalue weighted by atomic mass is 32.1. The minimum absolute atomic E-state index is 0.0863.